The largest absolute Gasteiger partial charge is 0.493 e. The van der Waals surface area contributed by atoms with Crippen LogP contribution in [0.4, 0.5) is 10.2 Å². The van der Waals surface area contributed by atoms with Crippen LogP contribution >= 0.6 is 11.3 Å². The van der Waals surface area contributed by atoms with E-state index in [2.05, 4.69) is 10.3 Å². The number of halogens is 1. The molecule has 0 aliphatic heterocycles. The van der Waals surface area contributed by atoms with E-state index in [1.54, 1.807) is 44.8 Å². The van der Waals surface area contributed by atoms with Crippen molar-refractivity contribution < 1.29 is 18.6 Å². The Kier molecular flexibility index (Phi) is 7.04. The zero-order valence-electron chi connectivity index (χ0n) is 18.6. The molecule has 6 nitrogen and oxygen atoms in total. The van der Waals surface area contributed by atoms with Crippen LogP contribution in [0.2, 0.25) is 0 Å². The molecule has 2 aromatic heterocycles. The van der Waals surface area contributed by atoms with E-state index < -0.39 is 0 Å². The smallest absolute Gasteiger partial charge is 0.203 e. The lowest BCUT2D eigenvalue weighted by molar-refractivity contribution is 0.324. The van der Waals surface area contributed by atoms with E-state index in [1.165, 1.54) is 12.1 Å². The molecular formula is C25H24FN3O3S. The SMILES string of the molecule is COc1cc(/C=C/c2nc(NCCc3ccc(F)cc3)c3sccc3n2)cc(OC)c1OC. The van der Waals surface area contributed by atoms with E-state index in [4.69, 9.17) is 19.2 Å². The van der Waals surface area contributed by atoms with Gasteiger partial charge in [0.05, 0.1) is 31.5 Å². The average Bonchev–Trinajstić information content (AvgIpc) is 3.32. The van der Waals surface area contributed by atoms with Gasteiger partial charge < -0.3 is 19.5 Å². The highest BCUT2D eigenvalue weighted by Gasteiger charge is 2.12. The number of hydrogen-bond acceptors (Lipinski definition) is 7. The van der Waals surface area contributed by atoms with Gasteiger partial charge in [0.2, 0.25) is 5.75 Å². The second-order valence-corrected chi connectivity index (χ2v) is 8.08. The summed E-state index contributed by atoms with van der Waals surface area (Å²) in [5.74, 6) is 2.83. The monoisotopic (exact) mass is 465 g/mol. The van der Waals surface area contributed by atoms with Crippen LogP contribution in [-0.4, -0.2) is 37.8 Å². The third-order valence-corrected chi connectivity index (χ3v) is 5.96. The van der Waals surface area contributed by atoms with Gasteiger partial charge in [-0.15, -0.1) is 11.3 Å². The minimum Gasteiger partial charge on any atom is -0.493 e. The Morgan fingerprint density at radius 1 is 0.939 bits per heavy atom. The molecule has 0 saturated heterocycles. The van der Waals surface area contributed by atoms with Crippen LogP contribution in [0.1, 0.15) is 17.0 Å². The van der Waals surface area contributed by atoms with Crippen molar-refractivity contribution in [3.63, 3.8) is 0 Å². The summed E-state index contributed by atoms with van der Waals surface area (Å²) in [5, 5.41) is 5.40. The van der Waals surface area contributed by atoms with Gasteiger partial charge in [0.15, 0.2) is 17.3 Å². The number of nitrogens with zero attached hydrogens (tertiary/aromatic N) is 2. The Labute approximate surface area is 195 Å². The van der Waals surface area contributed by atoms with Gasteiger partial charge in [-0.25, -0.2) is 14.4 Å². The third kappa shape index (κ3) is 5.23. The van der Waals surface area contributed by atoms with Gasteiger partial charge in [-0.1, -0.05) is 18.2 Å². The van der Waals surface area contributed by atoms with Crippen molar-refractivity contribution in [3.05, 3.63) is 70.6 Å². The first-order valence-corrected chi connectivity index (χ1v) is 11.2. The van der Waals surface area contributed by atoms with Gasteiger partial charge in [-0.3, -0.25) is 0 Å². The molecule has 8 heteroatoms. The molecule has 2 heterocycles. The Morgan fingerprint density at radius 3 is 2.33 bits per heavy atom. The lowest BCUT2D eigenvalue weighted by Gasteiger charge is -2.12. The molecule has 4 aromatic rings. The predicted octanol–water partition coefficient (Wildman–Crippen LogP) is 5.68. The molecule has 0 amide bonds. The Hall–Kier alpha value is -3.65. The molecule has 0 bridgehead atoms. The van der Waals surface area contributed by atoms with Crippen LogP contribution < -0.4 is 19.5 Å². The minimum atomic E-state index is -0.230. The molecule has 0 fully saturated rings. The summed E-state index contributed by atoms with van der Waals surface area (Å²) >= 11 is 1.59. The predicted molar refractivity (Wildman–Crippen MR) is 131 cm³/mol. The molecule has 0 radical (unpaired) electrons. The van der Waals surface area contributed by atoms with E-state index in [-0.39, 0.29) is 5.82 Å². The fraction of sp³-hybridized carbons (Fsp3) is 0.200. The molecule has 0 atom stereocenters. The molecule has 33 heavy (non-hydrogen) atoms. The van der Waals surface area contributed by atoms with E-state index in [0.29, 0.717) is 29.6 Å². The summed E-state index contributed by atoms with van der Waals surface area (Å²) in [6, 6.07) is 12.2. The van der Waals surface area contributed by atoms with Crippen molar-refractivity contribution in [3.8, 4) is 17.2 Å². The van der Waals surface area contributed by atoms with E-state index >= 15 is 0 Å². The Morgan fingerprint density at radius 2 is 1.67 bits per heavy atom. The maximum Gasteiger partial charge on any atom is 0.203 e. The maximum atomic E-state index is 13.1. The van der Waals surface area contributed by atoms with Crippen molar-refractivity contribution in [2.24, 2.45) is 0 Å². The number of fused-ring (bicyclic) bond motifs is 1. The fourth-order valence-electron chi connectivity index (χ4n) is 3.42. The number of rotatable bonds is 9. The molecule has 0 saturated carbocycles. The number of methoxy groups -OCH3 is 3. The van der Waals surface area contributed by atoms with Gasteiger partial charge in [-0.2, -0.15) is 0 Å². The quantitative estimate of drug-likeness (QED) is 0.343. The standard InChI is InChI=1S/C25H24FN3O3S/c1-30-20-14-17(15-21(31-2)23(20)32-3)6-9-22-28-19-11-13-33-24(19)25(29-22)27-12-10-16-4-7-18(26)8-5-16/h4-9,11,13-15H,10,12H2,1-3H3,(H,27,28,29)/b9-6+. The molecule has 170 valence electrons. The van der Waals surface area contributed by atoms with Gasteiger partial charge in [-0.05, 0) is 59.3 Å². The van der Waals surface area contributed by atoms with Crippen LogP contribution in [0.15, 0.2) is 47.8 Å². The highest BCUT2D eigenvalue weighted by atomic mass is 32.1. The number of hydrogen-bond donors (Lipinski definition) is 1. The first kappa shape index (κ1) is 22.5. The highest BCUT2D eigenvalue weighted by molar-refractivity contribution is 7.17. The molecule has 0 aliphatic carbocycles. The van der Waals surface area contributed by atoms with Crippen molar-refractivity contribution >= 4 is 39.5 Å². The van der Waals surface area contributed by atoms with Gasteiger partial charge in [0.1, 0.15) is 11.6 Å². The lowest BCUT2D eigenvalue weighted by Crippen LogP contribution is -2.07. The summed E-state index contributed by atoms with van der Waals surface area (Å²) in [6.45, 7) is 0.672. The van der Waals surface area contributed by atoms with Crippen molar-refractivity contribution in [1.82, 2.24) is 9.97 Å². The minimum absolute atomic E-state index is 0.230. The Balaban J connectivity index is 1.56. The Bertz CT molecular complexity index is 1250. The van der Waals surface area contributed by atoms with E-state index in [9.17, 15) is 4.39 Å². The van der Waals surface area contributed by atoms with Crippen LogP contribution in [0.5, 0.6) is 17.2 Å². The molecule has 4 rings (SSSR count). The van der Waals surface area contributed by atoms with E-state index in [1.807, 2.05) is 35.7 Å². The first-order valence-electron chi connectivity index (χ1n) is 10.3. The number of thiophene rings is 1. The lowest BCUT2D eigenvalue weighted by atomic mass is 10.1. The number of benzene rings is 2. The molecule has 0 aliphatic rings. The summed E-state index contributed by atoms with van der Waals surface area (Å²) < 4.78 is 30.3. The zero-order chi connectivity index (χ0) is 23.2. The molecule has 1 N–H and O–H groups in total. The molecule has 2 aromatic carbocycles. The van der Waals surface area contributed by atoms with Crippen molar-refractivity contribution in [2.45, 2.75) is 6.42 Å². The summed E-state index contributed by atoms with van der Waals surface area (Å²) in [7, 11) is 4.75. The number of ether oxygens (including phenoxy) is 3. The number of aromatic nitrogens is 2. The van der Waals surface area contributed by atoms with Crippen LogP contribution in [-0.2, 0) is 6.42 Å². The summed E-state index contributed by atoms with van der Waals surface area (Å²) in [4.78, 5) is 9.36. The normalized spacial score (nSPS) is 11.2. The number of anilines is 1. The van der Waals surface area contributed by atoms with Crippen LogP contribution in [0, 0.1) is 5.82 Å². The van der Waals surface area contributed by atoms with E-state index in [0.717, 1.165) is 33.6 Å². The van der Waals surface area contributed by atoms with Crippen LogP contribution in [0.3, 0.4) is 0 Å². The first-order chi connectivity index (χ1) is 16.1. The van der Waals surface area contributed by atoms with Crippen LogP contribution in [0.25, 0.3) is 22.4 Å². The van der Waals surface area contributed by atoms with Gasteiger partial charge in [0.25, 0.3) is 0 Å². The summed E-state index contributed by atoms with van der Waals surface area (Å²) in [6.07, 6.45) is 4.51. The maximum absolute atomic E-state index is 13.1. The highest BCUT2D eigenvalue weighted by Crippen LogP contribution is 2.38. The topological polar surface area (TPSA) is 65.5 Å². The third-order valence-electron chi connectivity index (χ3n) is 5.05. The van der Waals surface area contributed by atoms with Gasteiger partial charge >= 0.3 is 0 Å². The van der Waals surface area contributed by atoms with Gasteiger partial charge in [0, 0.05) is 6.54 Å². The second-order valence-electron chi connectivity index (χ2n) is 7.16. The van der Waals surface area contributed by atoms with Crippen molar-refractivity contribution in [2.75, 3.05) is 33.2 Å². The number of nitrogens with one attached hydrogen (secondary N) is 1. The molecular weight excluding hydrogens is 441 g/mol. The molecule has 0 unspecified atom stereocenters. The average molecular weight is 466 g/mol. The zero-order valence-corrected chi connectivity index (χ0v) is 19.4. The second kappa shape index (κ2) is 10.3. The van der Waals surface area contributed by atoms with Crippen molar-refractivity contribution in [1.29, 1.82) is 0 Å². The molecule has 0 spiro atoms. The fourth-order valence-corrected chi connectivity index (χ4v) is 4.22. The summed E-state index contributed by atoms with van der Waals surface area (Å²) in [5.41, 5.74) is 2.80.